The van der Waals surface area contributed by atoms with E-state index in [1.807, 2.05) is 56.3 Å². The van der Waals surface area contributed by atoms with Gasteiger partial charge in [-0.2, -0.15) is 0 Å². The number of urea groups is 1. The molecule has 3 rings (SSSR count). The van der Waals surface area contributed by atoms with Crippen LogP contribution in [-0.2, 0) is 11.3 Å². The first-order chi connectivity index (χ1) is 13.0. The molecule has 1 unspecified atom stereocenters. The standard InChI is InChI=1S/C21H26N4O2/c1-15-6-3-9-18(12-15)24-21(27)25-11-5-8-17(14-25)20(26)22-13-19-10-4-7-16(2)23-19/h3-4,6-7,9-10,12,17H,5,8,11,13-14H2,1-2H3,(H,22,26)(H,24,27). The van der Waals surface area contributed by atoms with Gasteiger partial charge in [-0.25, -0.2) is 4.79 Å². The molecule has 27 heavy (non-hydrogen) atoms. The molecule has 3 amide bonds. The van der Waals surface area contributed by atoms with Crippen LogP contribution in [-0.4, -0.2) is 34.9 Å². The maximum absolute atomic E-state index is 12.5. The molecular formula is C21H26N4O2. The number of nitrogens with one attached hydrogen (secondary N) is 2. The number of rotatable bonds is 4. The third-order valence-electron chi connectivity index (χ3n) is 4.74. The van der Waals surface area contributed by atoms with E-state index in [9.17, 15) is 9.59 Å². The molecule has 2 N–H and O–H groups in total. The molecule has 142 valence electrons. The number of hydrogen-bond donors (Lipinski definition) is 2. The molecule has 1 fully saturated rings. The van der Waals surface area contributed by atoms with Crippen LogP contribution < -0.4 is 10.6 Å². The van der Waals surface area contributed by atoms with Gasteiger partial charge < -0.3 is 15.5 Å². The lowest BCUT2D eigenvalue weighted by atomic mass is 9.97. The van der Waals surface area contributed by atoms with E-state index in [0.717, 1.165) is 35.5 Å². The van der Waals surface area contributed by atoms with E-state index in [4.69, 9.17) is 0 Å². The van der Waals surface area contributed by atoms with Crippen LogP contribution in [0.1, 0.15) is 29.8 Å². The average Bonchev–Trinajstić information content (AvgIpc) is 2.66. The Kier molecular flexibility index (Phi) is 6.06. The maximum atomic E-state index is 12.5. The average molecular weight is 366 g/mol. The van der Waals surface area contributed by atoms with E-state index in [1.165, 1.54) is 0 Å². The number of piperidine rings is 1. The quantitative estimate of drug-likeness (QED) is 0.872. The summed E-state index contributed by atoms with van der Waals surface area (Å²) in [5.41, 5.74) is 3.64. The Morgan fingerprint density at radius 1 is 1.19 bits per heavy atom. The third kappa shape index (κ3) is 5.29. The minimum atomic E-state index is -0.188. The lowest BCUT2D eigenvalue weighted by Gasteiger charge is -2.32. The molecule has 0 aliphatic carbocycles. The van der Waals surface area contributed by atoms with Crippen LogP contribution in [0, 0.1) is 19.8 Å². The lowest BCUT2D eigenvalue weighted by molar-refractivity contribution is -0.126. The summed E-state index contributed by atoms with van der Waals surface area (Å²) in [6.07, 6.45) is 1.61. The molecule has 1 aliphatic rings. The van der Waals surface area contributed by atoms with Crippen molar-refractivity contribution in [1.29, 1.82) is 0 Å². The van der Waals surface area contributed by atoms with E-state index in [2.05, 4.69) is 15.6 Å². The number of carbonyl (C=O) groups excluding carboxylic acids is 2. The van der Waals surface area contributed by atoms with Crippen molar-refractivity contribution in [2.45, 2.75) is 33.2 Å². The first-order valence-corrected chi connectivity index (χ1v) is 9.34. The van der Waals surface area contributed by atoms with Gasteiger partial charge in [-0.15, -0.1) is 0 Å². The van der Waals surface area contributed by atoms with Crippen molar-refractivity contribution in [3.8, 4) is 0 Å². The van der Waals surface area contributed by atoms with Crippen LogP contribution >= 0.6 is 0 Å². The van der Waals surface area contributed by atoms with Crippen LogP contribution in [0.15, 0.2) is 42.5 Å². The summed E-state index contributed by atoms with van der Waals surface area (Å²) in [6, 6.07) is 13.3. The van der Waals surface area contributed by atoms with Gasteiger partial charge in [-0.05, 0) is 56.5 Å². The van der Waals surface area contributed by atoms with Gasteiger partial charge in [0.25, 0.3) is 0 Å². The highest BCUT2D eigenvalue weighted by Gasteiger charge is 2.28. The Balaban J connectivity index is 1.53. The monoisotopic (exact) mass is 366 g/mol. The molecule has 2 heterocycles. The van der Waals surface area contributed by atoms with Crippen molar-refractivity contribution in [2.24, 2.45) is 5.92 Å². The van der Waals surface area contributed by atoms with E-state index in [1.54, 1.807) is 4.90 Å². The van der Waals surface area contributed by atoms with Gasteiger partial charge in [-0.1, -0.05) is 18.2 Å². The first kappa shape index (κ1) is 18.9. The Morgan fingerprint density at radius 2 is 2.00 bits per heavy atom. The van der Waals surface area contributed by atoms with Crippen molar-refractivity contribution < 1.29 is 9.59 Å². The topological polar surface area (TPSA) is 74.3 Å². The summed E-state index contributed by atoms with van der Waals surface area (Å²) >= 11 is 0. The fourth-order valence-electron chi connectivity index (χ4n) is 3.32. The predicted molar refractivity (Wildman–Crippen MR) is 105 cm³/mol. The molecule has 0 saturated carbocycles. The number of likely N-dealkylation sites (tertiary alicyclic amines) is 1. The molecule has 1 aliphatic heterocycles. The normalized spacial score (nSPS) is 16.7. The number of carbonyl (C=O) groups is 2. The minimum absolute atomic E-state index is 0.0219. The van der Waals surface area contributed by atoms with Crippen LogP contribution in [0.25, 0.3) is 0 Å². The number of hydrogen-bond acceptors (Lipinski definition) is 3. The Hall–Kier alpha value is -2.89. The largest absolute Gasteiger partial charge is 0.350 e. The number of benzene rings is 1. The summed E-state index contributed by atoms with van der Waals surface area (Å²) < 4.78 is 0. The second kappa shape index (κ2) is 8.66. The molecule has 2 aromatic rings. The molecule has 0 radical (unpaired) electrons. The molecule has 6 nitrogen and oxygen atoms in total. The zero-order chi connectivity index (χ0) is 19.2. The number of aromatic nitrogens is 1. The highest BCUT2D eigenvalue weighted by atomic mass is 16.2. The molecule has 1 atom stereocenters. The molecule has 0 spiro atoms. The summed E-state index contributed by atoms with van der Waals surface area (Å²) in [5.74, 6) is -0.210. The highest BCUT2D eigenvalue weighted by Crippen LogP contribution is 2.18. The number of nitrogens with zero attached hydrogens (tertiary/aromatic N) is 2. The smallest absolute Gasteiger partial charge is 0.321 e. The summed E-state index contributed by atoms with van der Waals surface area (Å²) in [6.45, 7) is 5.43. The number of amides is 3. The fourth-order valence-corrected chi connectivity index (χ4v) is 3.32. The minimum Gasteiger partial charge on any atom is -0.350 e. The van der Waals surface area contributed by atoms with E-state index in [-0.39, 0.29) is 17.9 Å². The summed E-state index contributed by atoms with van der Waals surface area (Å²) in [7, 11) is 0. The van der Waals surface area contributed by atoms with Gasteiger partial charge in [0, 0.05) is 24.5 Å². The van der Waals surface area contributed by atoms with Gasteiger partial charge >= 0.3 is 6.03 Å². The molecule has 6 heteroatoms. The number of pyridine rings is 1. The Bertz CT molecular complexity index is 821. The number of aryl methyl sites for hydroxylation is 2. The van der Waals surface area contributed by atoms with Crippen LogP contribution in [0.2, 0.25) is 0 Å². The van der Waals surface area contributed by atoms with E-state index in [0.29, 0.717) is 19.6 Å². The van der Waals surface area contributed by atoms with Crippen LogP contribution in [0.4, 0.5) is 10.5 Å². The number of anilines is 1. The van der Waals surface area contributed by atoms with Gasteiger partial charge in [0.15, 0.2) is 0 Å². The van der Waals surface area contributed by atoms with Crippen molar-refractivity contribution in [2.75, 3.05) is 18.4 Å². The van der Waals surface area contributed by atoms with Gasteiger partial charge in [-0.3, -0.25) is 9.78 Å². The van der Waals surface area contributed by atoms with Crippen molar-refractivity contribution in [3.05, 3.63) is 59.4 Å². The molecule has 1 saturated heterocycles. The molecule has 1 aromatic carbocycles. The molecule has 0 bridgehead atoms. The maximum Gasteiger partial charge on any atom is 0.321 e. The third-order valence-corrected chi connectivity index (χ3v) is 4.74. The summed E-state index contributed by atoms with van der Waals surface area (Å²) in [4.78, 5) is 31.2. The lowest BCUT2D eigenvalue weighted by Crippen LogP contribution is -2.46. The second-order valence-electron chi connectivity index (χ2n) is 7.07. The first-order valence-electron chi connectivity index (χ1n) is 9.34. The second-order valence-corrected chi connectivity index (χ2v) is 7.07. The van der Waals surface area contributed by atoms with E-state index < -0.39 is 0 Å². The van der Waals surface area contributed by atoms with E-state index >= 15 is 0 Å². The van der Waals surface area contributed by atoms with Gasteiger partial charge in [0.1, 0.15) is 0 Å². The fraction of sp³-hybridized carbons (Fsp3) is 0.381. The van der Waals surface area contributed by atoms with Gasteiger partial charge in [0.2, 0.25) is 5.91 Å². The Morgan fingerprint density at radius 3 is 2.78 bits per heavy atom. The Labute approximate surface area is 160 Å². The predicted octanol–water partition coefficient (Wildman–Crippen LogP) is 3.26. The molecular weight excluding hydrogens is 340 g/mol. The highest BCUT2D eigenvalue weighted by molar-refractivity contribution is 5.90. The zero-order valence-corrected chi connectivity index (χ0v) is 15.9. The van der Waals surface area contributed by atoms with Crippen molar-refractivity contribution >= 4 is 17.6 Å². The zero-order valence-electron chi connectivity index (χ0n) is 15.9. The van der Waals surface area contributed by atoms with Crippen molar-refractivity contribution in [3.63, 3.8) is 0 Å². The summed E-state index contributed by atoms with van der Waals surface area (Å²) in [5, 5.41) is 5.87. The SMILES string of the molecule is Cc1cccc(NC(=O)N2CCCC(C(=O)NCc3cccc(C)n3)C2)c1. The van der Waals surface area contributed by atoms with Crippen LogP contribution in [0.5, 0.6) is 0 Å². The van der Waals surface area contributed by atoms with Gasteiger partial charge in [0.05, 0.1) is 18.2 Å². The van der Waals surface area contributed by atoms with Crippen molar-refractivity contribution in [1.82, 2.24) is 15.2 Å². The van der Waals surface area contributed by atoms with Crippen LogP contribution in [0.3, 0.4) is 0 Å². The molecule has 1 aromatic heterocycles.